The third kappa shape index (κ3) is 2.79. The summed E-state index contributed by atoms with van der Waals surface area (Å²) in [6.45, 7) is 6.09. The number of hydrogen-bond acceptors (Lipinski definition) is 3. The highest BCUT2D eigenvalue weighted by Crippen LogP contribution is 2.28. The number of aromatic hydroxyl groups is 1. The lowest BCUT2D eigenvalue weighted by molar-refractivity contribution is 0.101. The summed E-state index contributed by atoms with van der Waals surface area (Å²) in [6.07, 6.45) is 1.48. The molecule has 104 valence electrons. The first-order valence-electron chi connectivity index (χ1n) is 6.55. The number of rotatable bonds is 3. The van der Waals surface area contributed by atoms with Gasteiger partial charge in [-0.1, -0.05) is 32.0 Å². The molecule has 0 aliphatic heterocycles. The average Bonchev–Trinajstić information content (AvgIpc) is 2.41. The average molecular weight is 270 g/mol. The maximum absolute atomic E-state index is 12.2. The first kappa shape index (κ1) is 14.1. The Kier molecular flexibility index (Phi) is 4.03. The molecule has 20 heavy (non-hydrogen) atoms. The third-order valence-electron chi connectivity index (χ3n) is 3.17. The molecule has 2 rings (SSSR count). The van der Waals surface area contributed by atoms with Crippen LogP contribution in [0.15, 0.2) is 36.5 Å². The zero-order valence-corrected chi connectivity index (χ0v) is 11.8. The van der Waals surface area contributed by atoms with Crippen molar-refractivity contribution in [3.63, 3.8) is 0 Å². The van der Waals surface area contributed by atoms with Crippen LogP contribution >= 0.6 is 0 Å². The predicted octanol–water partition coefficient (Wildman–Crippen LogP) is 3.47. The van der Waals surface area contributed by atoms with Crippen LogP contribution in [0.5, 0.6) is 5.75 Å². The van der Waals surface area contributed by atoms with Crippen molar-refractivity contribution >= 4 is 11.6 Å². The van der Waals surface area contributed by atoms with E-state index in [2.05, 4.69) is 24.1 Å². The normalized spacial score (nSPS) is 10.6. The van der Waals surface area contributed by atoms with Crippen molar-refractivity contribution in [3.05, 3.63) is 53.3 Å². The molecule has 0 bridgehead atoms. The van der Waals surface area contributed by atoms with Gasteiger partial charge in [0, 0.05) is 11.9 Å². The minimum Gasteiger partial charge on any atom is -0.505 e. The molecule has 0 fully saturated rings. The fourth-order valence-electron chi connectivity index (χ4n) is 2.09. The quantitative estimate of drug-likeness (QED) is 0.897. The van der Waals surface area contributed by atoms with Crippen molar-refractivity contribution in [1.29, 1.82) is 0 Å². The second-order valence-corrected chi connectivity index (χ2v) is 5.02. The fraction of sp³-hybridized carbons (Fsp3) is 0.250. The Balaban J connectivity index is 2.36. The zero-order chi connectivity index (χ0) is 14.7. The molecule has 0 aliphatic carbocycles. The first-order chi connectivity index (χ1) is 9.50. The molecule has 1 heterocycles. The van der Waals surface area contributed by atoms with Gasteiger partial charge in [-0.2, -0.15) is 0 Å². The molecule has 4 nitrogen and oxygen atoms in total. The number of pyridine rings is 1. The van der Waals surface area contributed by atoms with Crippen LogP contribution in [0.1, 0.15) is 41.4 Å². The largest absolute Gasteiger partial charge is 0.505 e. The highest BCUT2D eigenvalue weighted by atomic mass is 16.3. The van der Waals surface area contributed by atoms with Gasteiger partial charge in [0.15, 0.2) is 5.69 Å². The van der Waals surface area contributed by atoms with Crippen molar-refractivity contribution in [3.8, 4) is 5.75 Å². The Morgan fingerprint density at radius 1 is 1.25 bits per heavy atom. The third-order valence-corrected chi connectivity index (χ3v) is 3.17. The summed E-state index contributed by atoms with van der Waals surface area (Å²) in [4.78, 5) is 16.1. The van der Waals surface area contributed by atoms with Crippen LogP contribution in [0.2, 0.25) is 0 Å². The summed E-state index contributed by atoms with van der Waals surface area (Å²) in [5, 5.41) is 12.5. The number of nitrogens with zero attached hydrogens (tertiary/aromatic N) is 1. The number of aryl methyl sites for hydroxylation is 1. The van der Waals surface area contributed by atoms with Gasteiger partial charge in [-0.15, -0.1) is 0 Å². The lowest BCUT2D eigenvalue weighted by Crippen LogP contribution is -2.16. The molecule has 1 aromatic heterocycles. The summed E-state index contributed by atoms with van der Waals surface area (Å²) in [5.41, 5.74) is 2.87. The number of para-hydroxylation sites is 1. The minimum atomic E-state index is -0.403. The SMILES string of the molecule is Cc1cccc(C(C)C)c1NC(=O)c1ncccc1O. The molecule has 0 radical (unpaired) electrons. The van der Waals surface area contributed by atoms with Crippen molar-refractivity contribution in [2.75, 3.05) is 5.32 Å². The standard InChI is InChI=1S/C16H18N2O2/c1-10(2)12-7-4-6-11(3)14(12)18-16(20)15-13(19)8-5-9-17-15/h4-10,19H,1-3H3,(H,18,20). The maximum Gasteiger partial charge on any atom is 0.278 e. The topological polar surface area (TPSA) is 62.2 Å². The summed E-state index contributed by atoms with van der Waals surface area (Å²) < 4.78 is 0. The number of aromatic nitrogens is 1. The van der Waals surface area contributed by atoms with E-state index < -0.39 is 5.91 Å². The smallest absolute Gasteiger partial charge is 0.278 e. The fourth-order valence-corrected chi connectivity index (χ4v) is 2.09. The van der Waals surface area contributed by atoms with E-state index in [4.69, 9.17) is 0 Å². The van der Waals surface area contributed by atoms with E-state index in [9.17, 15) is 9.90 Å². The first-order valence-corrected chi connectivity index (χ1v) is 6.55. The molecule has 2 N–H and O–H groups in total. The summed E-state index contributed by atoms with van der Waals surface area (Å²) in [7, 11) is 0. The second kappa shape index (κ2) is 5.74. The lowest BCUT2D eigenvalue weighted by Gasteiger charge is -2.16. The van der Waals surface area contributed by atoms with E-state index in [-0.39, 0.29) is 11.4 Å². The Bertz CT molecular complexity index is 636. The van der Waals surface area contributed by atoms with Crippen LogP contribution in [0.4, 0.5) is 5.69 Å². The molecule has 0 aliphatic rings. The van der Waals surface area contributed by atoms with Crippen molar-refractivity contribution in [2.45, 2.75) is 26.7 Å². The van der Waals surface area contributed by atoms with Gasteiger partial charge >= 0.3 is 0 Å². The van der Waals surface area contributed by atoms with E-state index >= 15 is 0 Å². The maximum atomic E-state index is 12.2. The summed E-state index contributed by atoms with van der Waals surface area (Å²) >= 11 is 0. The van der Waals surface area contributed by atoms with Gasteiger partial charge in [0.25, 0.3) is 5.91 Å². The van der Waals surface area contributed by atoms with E-state index in [1.165, 1.54) is 12.3 Å². The number of carbonyl (C=O) groups excluding carboxylic acids is 1. The summed E-state index contributed by atoms with van der Waals surface area (Å²) in [6, 6.07) is 8.94. The Hall–Kier alpha value is -2.36. The molecule has 0 atom stereocenters. The van der Waals surface area contributed by atoms with Crippen molar-refractivity contribution in [1.82, 2.24) is 4.98 Å². The molecule has 0 spiro atoms. The molecule has 0 saturated carbocycles. The van der Waals surface area contributed by atoms with E-state index in [1.54, 1.807) is 6.07 Å². The molecular weight excluding hydrogens is 252 g/mol. The van der Waals surface area contributed by atoms with Crippen LogP contribution < -0.4 is 5.32 Å². The molecule has 0 unspecified atom stereocenters. The Labute approximate surface area is 118 Å². The number of hydrogen-bond donors (Lipinski definition) is 2. The van der Waals surface area contributed by atoms with Gasteiger partial charge in [0.1, 0.15) is 5.75 Å². The zero-order valence-electron chi connectivity index (χ0n) is 11.8. The number of anilines is 1. The van der Waals surface area contributed by atoms with Crippen LogP contribution in [0.3, 0.4) is 0 Å². The number of benzene rings is 1. The van der Waals surface area contributed by atoms with Gasteiger partial charge < -0.3 is 10.4 Å². The molecule has 1 aromatic carbocycles. The molecule has 2 aromatic rings. The predicted molar refractivity (Wildman–Crippen MR) is 79.1 cm³/mol. The molecular formula is C16H18N2O2. The van der Waals surface area contributed by atoms with Gasteiger partial charge in [0.2, 0.25) is 0 Å². The monoisotopic (exact) mass is 270 g/mol. The highest BCUT2D eigenvalue weighted by molar-refractivity contribution is 6.05. The van der Waals surface area contributed by atoms with E-state index in [1.807, 2.05) is 25.1 Å². The molecule has 1 amide bonds. The van der Waals surface area contributed by atoms with E-state index in [0.717, 1.165) is 16.8 Å². The molecule has 0 saturated heterocycles. The van der Waals surface area contributed by atoms with Gasteiger partial charge in [-0.25, -0.2) is 4.98 Å². The van der Waals surface area contributed by atoms with Gasteiger partial charge in [-0.05, 0) is 36.1 Å². The Morgan fingerprint density at radius 3 is 2.65 bits per heavy atom. The number of carbonyl (C=O) groups is 1. The lowest BCUT2D eigenvalue weighted by atomic mass is 9.98. The van der Waals surface area contributed by atoms with E-state index in [0.29, 0.717) is 5.92 Å². The number of nitrogens with one attached hydrogen (secondary N) is 1. The van der Waals surface area contributed by atoms with Crippen molar-refractivity contribution < 1.29 is 9.90 Å². The Morgan fingerprint density at radius 2 is 2.00 bits per heavy atom. The highest BCUT2D eigenvalue weighted by Gasteiger charge is 2.16. The van der Waals surface area contributed by atoms with Crippen LogP contribution in [0.25, 0.3) is 0 Å². The molecule has 4 heteroatoms. The minimum absolute atomic E-state index is 0.0328. The summed E-state index contributed by atoms with van der Waals surface area (Å²) in [5.74, 6) is -0.230. The second-order valence-electron chi connectivity index (χ2n) is 5.02. The van der Waals surface area contributed by atoms with Crippen LogP contribution in [-0.2, 0) is 0 Å². The van der Waals surface area contributed by atoms with Gasteiger partial charge in [-0.3, -0.25) is 4.79 Å². The van der Waals surface area contributed by atoms with Gasteiger partial charge in [0.05, 0.1) is 0 Å². The van der Waals surface area contributed by atoms with Crippen molar-refractivity contribution in [2.24, 2.45) is 0 Å². The van der Waals surface area contributed by atoms with Crippen LogP contribution in [-0.4, -0.2) is 16.0 Å². The number of amides is 1. The van der Waals surface area contributed by atoms with Crippen LogP contribution in [0, 0.1) is 6.92 Å².